The Morgan fingerprint density at radius 2 is 2.38 bits per heavy atom. The van der Waals surface area contributed by atoms with Gasteiger partial charge in [-0.3, -0.25) is 10.2 Å². The Balaban J connectivity index is 2.44. The molecule has 0 aliphatic rings. The molecule has 2 aromatic rings. The van der Waals surface area contributed by atoms with Gasteiger partial charge in [0.2, 0.25) is 5.91 Å². The molecule has 0 aliphatic heterocycles. The fourth-order valence-electron chi connectivity index (χ4n) is 1.25. The minimum atomic E-state index is -0.352. The van der Waals surface area contributed by atoms with Crippen molar-refractivity contribution in [1.29, 1.82) is 0 Å². The van der Waals surface area contributed by atoms with E-state index < -0.39 is 0 Å². The monoisotopic (exact) mass is 303 g/mol. The van der Waals surface area contributed by atoms with Crippen LogP contribution in [0.5, 0.6) is 0 Å². The van der Waals surface area contributed by atoms with Crippen LogP contribution in [0.2, 0.25) is 0 Å². The second-order valence-corrected chi connectivity index (χ2v) is 5.00. The molecule has 1 aromatic heterocycles. The van der Waals surface area contributed by atoms with Gasteiger partial charge in [-0.15, -0.1) is 11.3 Å². The van der Waals surface area contributed by atoms with Gasteiger partial charge in [-0.1, -0.05) is 0 Å². The average Bonchev–Trinajstić information content (AvgIpc) is 2.67. The van der Waals surface area contributed by atoms with E-state index in [0.29, 0.717) is 19.7 Å². The predicted octanol–water partition coefficient (Wildman–Crippen LogP) is 1.73. The molecule has 3 N–H and O–H groups in total. The Morgan fingerprint density at radius 1 is 1.62 bits per heavy atom. The summed E-state index contributed by atoms with van der Waals surface area (Å²) in [7, 11) is 0. The highest BCUT2D eigenvalue weighted by Gasteiger charge is 2.12. The van der Waals surface area contributed by atoms with Gasteiger partial charge < -0.3 is 0 Å². The molecule has 84 valence electrons. The van der Waals surface area contributed by atoms with Crippen LogP contribution in [0.4, 0.5) is 4.39 Å². The van der Waals surface area contributed by atoms with Crippen molar-refractivity contribution in [2.45, 2.75) is 6.42 Å². The highest BCUT2D eigenvalue weighted by Crippen LogP contribution is 2.29. The maximum atomic E-state index is 13.6. The first-order valence-electron chi connectivity index (χ1n) is 4.34. The van der Waals surface area contributed by atoms with Gasteiger partial charge in [-0.25, -0.2) is 15.2 Å². The van der Waals surface area contributed by atoms with Gasteiger partial charge in [0.25, 0.3) is 0 Å². The third kappa shape index (κ3) is 2.06. The molecule has 0 atom stereocenters. The predicted molar refractivity (Wildman–Crippen MR) is 63.3 cm³/mol. The Morgan fingerprint density at radius 3 is 3.06 bits per heavy atom. The number of aromatic nitrogens is 1. The van der Waals surface area contributed by atoms with E-state index in [9.17, 15) is 9.18 Å². The molecule has 1 heterocycles. The first kappa shape index (κ1) is 11.4. The van der Waals surface area contributed by atoms with Gasteiger partial charge in [0.05, 0.1) is 21.1 Å². The number of halogens is 2. The summed E-state index contributed by atoms with van der Waals surface area (Å²) in [5.41, 5.74) is 2.56. The van der Waals surface area contributed by atoms with Gasteiger partial charge in [0.1, 0.15) is 5.01 Å². The van der Waals surface area contributed by atoms with E-state index in [1.165, 1.54) is 0 Å². The fourth-order valence-corrected chi connectivity index (χ4v) is 2.71. The summed E-state index contributed by atoms with van der Waals surface area (Å²) in [6, 6.07) is 3.28. The number of thiazole rings is 1. The highest BCUT2D eigenvalue weighted by atomic mass is 79.9. The molecule has 1 amide bonds. The molecule has 0 aliphatic carbocycles. The van der Waals surface area contributed by atoms with E-state index in [1.807, 2.05) is 5.43 Å². The number of amides is 1. The number of rotatable bonds is 2. The molecule has 0 fully saturated rings. The second-order valence-electron chi connectivity index (χ2n) is 3.06. The summed E-state index contributed by atoms with van der Waals surface area (Å²) < 4.78 is 14.5. The lowest BCUT2D eigenvalue weighted by atomic mass is 10.3. The lowest BCUT2D eigenvalue weighted by Gasteiger charge is -1.93. The Bertz CT molecular complexity index is 557. The van der Waals surface area contributed by atoms with Gasteiger partial charge in [0.15, 0.2) is 5.82 Å². The minimum absolute atomic E-state index is 0.0624. The summed E-state index contributed by atoms with van der Waals surface area (Å²) in [5.74, 6) is 4.26. The van der Waals surface area contributed by atoms with Crippen LogP contribution in [0.1, 0.15) is 5.01 Å². The van der Waals surface area contributed by atoms with Crippen molar-refractivity contribution < 1.29 is 9.18 Å². The molecule has 0 saturated heterocycles. The van der Waals surface area contributed by atoms with E-state index in [-0.39, 0.29) is 18.1 Å². The van der Waals surface area contributed by atoms with Crippen LogP contribution < -0.4 is 11.3 Å². The molecule has 16 heavy (non-hydrogen) atoms. The van der Waals surface area contributed by atoms with E-state index in [0.717, 1.165) is 11.3 Å². The molecular weight excluding hydrogens is 297 g/mol. The number of carbonyl (C=O) groups excluding carboxylic acids is 1. The summed E-state index contributed by atoms with van der Waals surface area (Å²) in [5, 5.41) is 0.537. The van der Waals surface area contributed by atoms with E-state index in [2.05, 4.69) is 20.9 Å². The lowest BCUT2D eigenvalue weighted by Crippen LogP contribution is -2.31. The Kier molecular flexibility index (Phi) is 3.17. The molecule has 0 unspecified atom stereocenters. The van der Waals surface area contributed by atoms with Crippen LogP contribution in [-0.4, -0.2) is 10.9 Å². The lowest BCUT2D eigenvalue weighted by molar-refractivity contribution is -0.120. The molecule has 0 radical (unpaired) electrons. The second kappa shape index (κ2) is 4.44. The van der Waals surface area contributed by atoms with Crippen LogP contribution >= 0.6 is 27.3 Å². The number of fused-ring (bicyclic) bond motifs is 1. The van der Waals surface area contributed by atoms with Crippen LogP contribution in [0.25, 0.3) is 10.2 Å². The van der Waals surface area contributed by atoms with Gasteiger partial charge in [-0.05, 0) is 28.1 Å². The molecular formula is C9H7BrFN3OS. The summed E-state index contributed by atoms with van der Waals surface area (Å²) >= 11 is 4.24. The number of hydrogen-bond acceptors (Lipinski definition) is 4. The van der Waals surface area contributed by atoms with E-state index in [4.69, 9.17) is 5.84 Å². The fraction of sp³-hybridized carbons (Fsp3) is 0.111. The molecule has 2 rings (SSSR count). The smallest absolute Gasteiger partial charge is 0.240 e. The van der Waals surface area contributed by atoms with Crippen molar-refractivity contribution in [1.82, 2.24) is 10.4 Å². The quantitative estimate of drug-likeness (QED) is 0.504. The summed E-state index contributed by atoms with van der Waals surface area (Å²) in [6.45, 7) is 0. The van der Waals surface area contributed by atoms with Gasteiger partial charge in [-0.2, -0.15) is 0 Å². The maximum absolute atomic E-state index is 13.6. The zero-order valence-electron chi connectivity index (χ0n) is 7.96. The molecule has 0 saturated carbocycles. The molecule has 4 nitrogen and oxygen atoms in total. The Labute approximate surface area is 103 Å². The number of carbonyl (C=O) groups is 1. The minimum Gasteiger partial charge on any atom is -0.294 e. The molecule has 0 spiro atoms. The molecule has 1 aromatic carbocycles. The first-order chi connectivity index (χ1) is 7.61. The van der Waals surface area contributed by atoms with E-state index >= 15 is 0 Å². The summed E-state index contributed by atoms with van der Waals surface area (Å²) in [6.07, 6.45) is 0.0624. The molecule has 0 bridgehead atoms. The third-order valence-corrected chi connectivity index (χ3v) is 3.64. The number of nitrogens with one attached hydrogen (secondary N) is 1. The Hall–Kier alpha value is -1.05. The maximum Gasteiger partial charge on any atom is 0.240 e. The third-order valence-electron chi connectivity index (χ3n) is 1.97. The zero-order valence-corrected chi connectivity index (χ0v) is 10.4. The van der Waals surface area contributed by atoms with Crippen LogP contribution in [0.15, 0.2) is 16.6 Å². The molecule has 7 heteroatoms. The van der Waals surface area contributed by atoms with Crippen molar-refractivity contribution >= 4 is 43.4 Å². The van der Waals surface area contributed by atoms with Crippen molar-refractivity contribution in [2.24, 2.45) is 5.84 Å². The topological polar surface area (TPSA) is 68.0 Å². The van der Waals surface area contributed by atoms with Gasteiger partial charge in [0, 0.05) is 0 Å². The average molecular weight is 304 g/mol. The standard InChI is InChI=1S/C9H7BrFN3OS/c10-4-1-2-5-9(8(4)11)16-7(13-5)3-6(15)14-12/h1-2H,3,12H2,(H,14,15). The zero-order chi connectivity index (χ0) is 11.7. The van der Waals surface area contributed by atoms with Crippen molar-refractivity contribution in [3.8, 4) is 0 Å². The van der Waals surface area contributed by atoms with Crippen molar-refractivity contribution in [3.05, 3.63) is 27.4 Å². The van der Waals surface area contributed by atoms with Crippen molar-refractivity contribution in [2.75, 3.05) is 0 Å². The largest absolute Gasteiger partial charge is 0.294 e. The van der Waals surface area contributed by atoms with Crippen LogP contribution in [0.3, 0.4) is 0 Å². The van der Waals surface area contributed by atoms with Crippen LogP contribution in [0, 0.1) is 5.82 Å². The number of hydrazine groups is 1. The first-order valence-corrected chi connectivity index (χ1v) is 5.95. The van der Waals surface area contributed by atoms with Gasteiger partial charge >= 0.3 is 0 Å². The number of benzene rings is 1. The SMILES string of the molecule is NNC(=O)Cc1nc2ccc(Br)c(F)c2s1. The number of nitrogens with zero attached hydrogens (tertiary/aromatic N) is 1. The van der Waals surface area contributed by atoms with E-state index in [1.54, 1.807) is 12.1 Å². The normalized spacial score (nSPS) is 10.7. The van der Waals surface area contributed by atoms with Crippen LogP contribution in [-0.2, 0) is 11.2 Å². The highest BCUT2D eigenvalue weighted by molar-refractivity contribution is 9.10. The summed E-state index contributed by atoms with van der Waals surface area (Å²) in [4.78, 5) is 15.2. The van der Waals surface area contributed by atoms with Crippen molar-refractivity contribution in [3.63, 3.8) is 0 Å². The number of nitrogens with two attached hydrogens (primary N) is 1. The number of hydrogen-bond donors (Lipinski definition) is 2.